The number of non-ortho nitro benzene ring substituents is 1. The van der Waals surface area contributed by atoms with Gasteiger partial charge in [-0.25, -0.2) is 4.98 Å². The van der Waals surface area contributed by atoms with Crippen molar-refractivity contribution in [3.8, 4) is 5.75 Å². The Balaban J connectivity index is 1.82. The van der Waals surface area contributed by atoms with Gasteiger partial charge in [-0.2, -0.15) is 0 Å². The van der Waals surface area contributed by atoms with E-state index in [0.29, 0.717) is 33.4 Å². The first-order chi connectivity index (χ1) is 15.3. The van der Waals surface area contributed by atoms with E-state index < -0.39 is 10.8 Å². The molecule has 1 N–H and O–H groups in total. The van der Waals surface area contributed by atoms with Crippen LogP contribution in [-0.4, -0.2) is 47.0 Å². The van der Waals surface area contributed by atoms with Crippen molar-refractivity contribution in [3.63, 3.8) is 0 Å². The van der Waals surface area contributed by atoms with E-state index in [-0.39, 0.29) is 29.3 Å². The number of nitro benzene ring substituents is 1. The van der Waals surface area contributed by atoms with Gasteiger partial charge in [-0.3, -0.25) is 24.3 Å². The molecular weight excluding hydrogens is 460 g/mol. The minimum Gasteiger partial charge on any atom is -0.494 e. The lowest BCUT2D eigenvalue weighted by atomic mass is 10.2. The van der Waals surface area contributed by atoms with E-state index in [0.717, 1.165) is 11.8 Å². The molecule has 0 atom stereocenters. The summed E-state index contributed by atoms with van der Waals surface area (Å²) in [5.41, 5.74) is 0.300. The fraction of sp³-hybridized carbons (Fsp3) is 0.250. The van der Waals surface area contributed by atoms with Crippen molar-refractivity contribution in [1.82, 2.24) is 9.55 Å². The van der Waals surface area contributed by atoms with E-state index in [1.54, 1.807) is 18.2 Å². The molecule has 1 amide bonds. The van der Waals surface area contributed by atoms with E-state index in [1.807, 2.05) is 0 Å². The number of hydrogen-bond acceptors (Lipinski definition) is 8. The summed E-state index contributed by atoms with van der Waals surface area (Å²) < 4.78 is 11.7. The molecule has 0 aliphatic heterocycles. The third-order valence-electron chi connectivity index (χ3n) is 4.40. The molecule has 0 fully saturated rings. The quantitative estimate of drug-likeness (QED) is 0.215. The van der Waals surface area contributed by atoms with E-state index in [4.69, 9.17) is 21.1 Å². The van der Waals surface area contributed by atoms with Crippen molar-refractivity contribution >= 4 is 51.5 Å². The number of nitrogens with one attached hydrogen (secondary N) is 1. The van der Waals surface area contributed by atoms with Crippen molar-refractivity contribution in [2.75, 3.05) is 31.9 Å². The lowest BCUT2D eigenvalue weighted by Crippen LogP contribution is -2.26. The number of anilines is 1. The number of aromatic nitrogens is 2. The number of hydrogen-bond donors (Lipinski definition) is 1. The van der Waals surface area contributed by atoms with Crippen LogP contribution in [0.5, 0.6) is 5.75 Å². The molecule has 1 aromatic heterocycles. The molecule has 168 valence electrons. The lowest BCUT2D eigenvalue weighted by Gasteiger charge is -2.13. The number of rotatable bonds is 9. The molecule has 2 aromatic carbocycles. The standard InChI is InChI=1S/C20H19ClN4O6S/c1-30-8-7-24-19(27)14-5-3-12(21)9-16(14)23-20(24)32-11-18(26)22-15-6-4-13(25(28)29)10-17(15)31-2/h3-6,9-10H,7-8,11H2,1-2H3,(H,22,26). The minimum absolute atomic E-state index is 0.0639. The Morgan fingerprint density at radius 3 is 2.75 bits per heavy atom. The Labute approximate surface area is 191 Å². The molecule has 0 unspecified atom stereocenters. The summed E-state index contributed by atoms with van der Waals surface area (Å²) in [7, 11) is 2.87. The van der Waals surface area contributed by atoms with E-state index in [1.165, 1.54) is 37.0 Å². The summed E-state index contributed by atoms with van der Waals surface area (Å²) in [6.45, 7) is 0.557. The van der Waals surface area contributed by atoms with Gasteiger partial charge in [-0.1, -0.05) is 23.4 Å². The van der Waals surface area contributed by atoms with Crippen LogP contribution < -0.4 is 15.6 Å². The normalized spacial score (nSPS) is 10.8. The molecule has 0 bridgehead atoms. The molecule has 10 nitrogen and oxygen atoms in total. The number of ether oxygens (including phenoxy) is 2. The van der Waals surface area contributed by atoms with Gasteiger partial charge in [0.15, 0.2) is 5.16 Å². The number of amides is 1. The molecule has 1 heterocycles. The molecule has 12 heteroatoms. The van der Waals surface area contributed by atoms with Gasteiger partial charge in [0.1, 0.15) is 5.75 Å². The summed E-state index contributed by atoms with van der Waals surface area (Å²) >= 11 is 7.10. The highest BCUT2D eigenvalue weighted by atomic mass is 35.5. The van der Waals surface area contributed by atoms with Gasteiger partial charge in [0.25, 0.3) is 11.2 Å². The molecular formula is C20H19ClN4O6S. The van der Waals surface area contributed by atoms with E-state index in [9.17, 15) is 19.7 Å². The summed E-state index contributed by atoms with van der Waals surface area (Å²) in [4.78, 5) is 40.3. The number of benzene rings is 2. The summed E-state index contributed by atoms with van der Waals surface area (Å²) in [5.74, 6) is -0.306. The number of nitrogens with zero attached hydrogens (tertiary/aromatic N) is 3. The monoisotopic (exact) mass is 478 g/mol. The zero-order chi connectivity index (χ0) is 23.3. The second-order valence-electron chi connectivity index (χ2n) is 6.48. The van der Waals surface area contributed by atoms with Gasteiger partial charge in [0, 0.05) is 18.2 Å². The van der Waals surface area contributed by atoms with Gasteiger partial charge >= 0.3 is 0 Å². The maximum absolute atomic E-state index is 12.9. The van der Waals surface area contributed by atoms with Gasteiger partial charge < -0.3 is 14.8 Å². The van der Waals surface area contributed by atoms with Crippen LogP contribution in [0.25, 0.3) is 10.9 Å². The topological polar surface area (TPSA) is 126 Å². The van der Waals surface area contributed by atoms with Crippen LogP contribution in [0.15, 0.2) is 46.3 Å². The Hall–Kier alpha value is -3.15. The van der Waals surface area contributed by atoms with Gasteiger partial charge in [0.05, 0.1) is 53.6 Å². The Morgan fingerprint density at radius 2 is 2.06 bits per heavy atom. The predicted octanol–water partition coefficient (Wildman–Crippen LogP) is 3.34. The zero-order valence-electron chi connectivity index (χ0n) is 17.2. The van der Waals surface area contributed by atoms with Crippen molar-refractivity contribution in [1.29, 1.82) is 0 Å². The fourth-order valence-corrected chi connectivity index (χ4v) is 3.87. The molecule has 0 saturated heterocycles. The Morgan fingerprint density at radius 1 is 1.28 bits per heavy atom. The molecule has 0 radical (unpaired) electrons. The van der Waals surface area contributed by atoms with Crippen molar-refractivity contribution < 1.29 is 19.2 Å². The number of methoxy groups -OCH3 is 2. The lowest BCUT2D eigenvalue weighted by molar-refractivity contribution is -0.384. The average molecular weight is 479 g/mol. The predicted molar refractivity (Wildman–Crippen MR) is 122 cm³/mol. The molecule has 0 aliphatic rings. The fourth-order valence-electron chi connectivity index (χ4n) is 2.88. The first-order valence-electron chi connectivity index (χ1n) is 9.28. The number of carbonyl (C=O) groups excluding carboxylic acids is 1. The smallest absolute Gasteiger partial charge is 0.273 e. The summed E-state index contributed by atoms with van der Waals surface area (Å²) in [6, 6.07) is 8.70. The van der Waals surface area contributed by atoms with Crippen LogP contribution in [-0.2, 0) is 16.1 Å². The van der Waals surface area contributed by atoms with Gasteiger partial charge in [-0.15, -0.1) is 0 Å². The SMILES string of the molecule is COCCn1c(SCC(=O)Nc2ccc([N+](=O)[O-])cc2OC)nc2cc(Cl)ccc2c1=O. The van der Waals surface area contributed by atoms with Crippen LogP contribution in [0.4, 0.5) is 11.4 Å². The van der Waals surface area contributed by atoms with Crippen LogP contribution in [0.1, 0.15) is 0 Å². The molecule has 3 aromatic rings. The summed E-state index contributed by atoms with van der Waals surface area (Å²) in [6.07, 6.45) is 0. The molecule has 3 rings (SSSR count). The van der Waals surface area contributed by atoms with Crippen LogP contribution in [0.2, 0.25) is 5.02 Å². The highest BCUT2D eigenvalue weighted by Crippen LogP contribution is 2.29. The van der Waals surface area contributed by atoms with Crippen molar-refractivity contribution in [2.24, 2.45) is 0 Å². The average Bonchev–Trinajstić information content (AvgIpc) is 2.77. The molecule has 32 heavy (non-hydrogen) atoms. The maximum Gasteiger partial charge on any atom is 0.273 e. The first kappa shape index (κ1) is 23.5. The highest BCUT2D eigenvalue weighted by Gasteiger charge is 2.16. The number of carbonyl (C=O) groups is 1. The van der Waals surface area contributed by atoms with Crippen LogP contribution in [0, 0.1) is 10.1 Å². The third-order valence-corrected chi connectivity index (χ3v) is 5.62. The number of thioether (sulfide) groups is 1. The largest absolute Gasteiger partial charge is 0.494 e. The first-order valence-corrected chi connectivity index (χ1v) is 10.6. The van der Waals surface area contributed by atoms with Crippen molar-refractivity contribution in [3.05, 3.63) is 61.9 Å². The molecule has 0 spiro atoms. The van der Waals surface area contributed by atoms with Crippen LogP contribution >= 0.6 is 23.4 Å². The van der Waals surface area contributed by atoms with Gasteiger partial charge in [-0.05, 0) is 24.3 Å². The molecule has 0 aliphatic carbocycles. The number of fused-ring (bicyclic) bond motifs is 1. The zero-order valence-corrected chi connectivity index (χ0v) is 18.7. The number of halogens is 1. The third kappa shape index (κ3) is 5.36. The van der Waals surface area contributed by atoms with Gasteiger partial charge in [0.2, 0.25) is 5.91 Å². The highest BCUT2D eigenvalue weighted by molar-refractivity contribution is 7.99. The second-order valence-corrected chi connectivity index (χ2v) is 7.86. The second kappa shape index (κ2) is 10.4. The van der Waals surface area contributed by atoms with Crippen molar-refractivity contribution in [2.45, 2.75) is 11.7 Å². The van der Waals surface area contributed by atoms with E-state index in [2.05, 4.69) is 10.3 Å². The molecule has 0 saturated carbocycles. The van der Waals surface area contributed by atoms with E-state index >= 15 is 0 Å². The minimum atomic E-state index is -0.555. The Bertz CT molecular complexity index is 1230. The maximum atomic E-state index is 12.9. The summed E-state index contributed by atoms with van der Waals surface area (Å²) in [5, 5.41) is 14.8. The van der Waals surface area contributed by atoms with Crippen LogP contribution in [0.3, 0.4) is 0 Å². The Kier molecular flexibility index (Phi) is 7.67. The number of nitro groups is 1.